The first-order valence-electron chi connectivity index (χ1n) is 6.66. The highest BCUT2D eigenvalue weighted by atomic mass is 35.5. The molecule has 3 N–H and O–H groups in total. The molecule has 2 aromatic rings. The van der Waals surface area contributed by atoms with Crippen molar-refractivity contribution < 1.29 is 9.90 Å². The molecule has 1 amide bonds. The molecule has 2 heterocycles. The zero-order valence-electron chi connectivity index (χ0n) is 11.5. The molecule has 114 valence electrons. The quantitative estimate of drug-likeness (QED) is 0.881. The summed E-state index contributed by atoms with van der Waals surface area (Å²) in [6, 6.07) is 6.37. The standard InChI is InChI=1S/C15H13Cl2N3O2/c16-10-1-2-11(21)14(15(10)17)8-5-13(22)20(7-8)9-3-4-19-12(18)6-9/h1-4,6,8,21H,5,7H2,(H2,18,19). The van der Waals surface area contributed by atoms with Crippen LogP contribution in [0.4, 0.5) is 11.5 Å². The van der Waals surface area contributed by atoms with Crippen molar-refractivity contribution in [2.24, 2.45) is 0 Å². The monoisotopic (exact) mass is 337 g/mol. The van der Waals surface area contributed by atoms with Crippen LogP contribution < -0.4 is 10.6 Å². The van der Waals surface area contributed by atoms with E-state index in [1.54, 1.807) is 23.2 Å². The number of aromatic nitrogens is 1. The molecule has 0 bridgehead atoms. The smallest absolute Gasteiger partial charge is 0.227 e. The zero-order valence-corrected chi connectivity index (χ0v) is 13.0. The predicted octanol–water partition coefficient (Wildman–Crippen LogP) is 3.20. The Kier molecular flexibility index (Phi) is 3.85. The third-order valence-corrected chi connectivity index (χ3v) is 4.54. The number of hydrogen-bond donors (Lipinski definition) is 2. The Balaban J connectivity index is 1.94. The second kappa shape index (κ2) is 5.66. The fraction of sp³-hybridized carbons (Fsp3) is 0.200. The van der Waals surface area contributed by atoms with E-state index < -0.39 is 0 Å². The minimum atomic E-state index is -0.229. The zero-order chi connectivity index (χ0) is 15.9. The summed E-state index contributed by atoms with van der Waals surface area (Å²) in [5.74, 6) is 0.0970. The second-order valence-corrected chi connectivity index (χ2v) is 5.92. The topological polar surface area (TPSA) is 79.5 Å². The first-order chi connectivity index (χ1) is 10.5. The van der Waals surface area contributed by atoms with Crippen molar-refractivity contribution in [1.29, 1.82) is 0 Å². The van der Waals surface area contributed by atoms with Crippen LogP contribution in [0.25, 0.3) is 0 Å². The number of anilines is 2. The Bertz CT molecular complexity index is 752. The molecule has 1 aromatic heterocycles. The molecule has 1 aliphatic rings. The van der Waals surface area contributed by atoms with Crippen LogP contribution in [0, 0.1) is 0 Å². The number of carbonyl (C=O) groups is 1. The molecule has 7 heteroatoms. The fourth-order valence-corrected chi connectivity index (χ4v) is 3.18. The van der Waals surface area contributed by atoms with Gasteiger partial charge in [-0.3, -0.25) is 4.79 Å². The summed E-state index contributed by atoms with van der Waals surface area (Å²) in [5, 5.41) is 10.7. The lowest BCUT2D eigenvalue weighted by atomic mass is 9.97. The van der Waals surface area contributed by atoms with E-state index in [1.165, 1.54) is 12.1 Å². The molecular weight excluding hydrogens is 325 g/mol. The predicted molar refractivity (Wildman–Crippen MR) is 86.5 cm³/mol. The average molecular weight is 338 g/mol. The summed E-state index contributed by atoms with van der Waals surface area (Å²) in [4.78, 5) is 17.8. The number of halogens is 2. The van der Waals surface area contributed by atoms with Crippen LogP contribution in [-0.2, 0) is 4.79 Å². The summed E-state index contributed by atoms with van der Waals surface area (Å²) in [5.41, 5.74) is 6.84. The van der Waals surface area contributed by atoms with Gasteiger partial charge in [0, 0.05) is 42.4 Å². The van der Waals surface area contributed by atoms with Gasteiger partial charge in [0.05, 0.1) is 10.0 Å². The van der Waals surface area contributed by atoms with E-state index in [1.807, 2.05) is 0 Å². The van der Waals surface area contributed by atoms with Gasteiger partial charge in [0.25, 0.3) is 0 Å². The Morgan fingerprint density at radius 2 is 2.09 bits per heavy atom. The maximum Gasteiger partial charge on any atom is 0.227 e. The minimum absolute atomic E-state index is 0.0447. The summed E-state index contributed by atoms with van der Waals surface area (Å²) < 4.78 is 0. The van der Waals surface area contributed by atoms with E-state index in [-0.39, 0.29) is 29.0 Å². The first-order valence-corrected chi connectivity index (χ1v) is 7.41. The second-order valence-electron chi connectivity index (χ2n) is 5.14. The number of phenols is 1. The molecule has 1 aromatic carbocycles. The number of benzene rings is 1. The van der Waals surface area contributed by atoms with E-state index in [9.17, 15) is 9.90 Å². The molecule has 3 rings (SSSR count). The molecule has 5 nitrogen and oxygen atoms in total. The Morgan fingerprint density at radius 1 is 1.32 bits per heavy atom. The lowest BCUT2D eigenvalue weighted by molar-refractivity contribution is -0.117. The van der Waals surface area contributed by atoms with Gasteiger partial charge in [-0.2, -0.15) is 0 Å². The highest BCUT2D eigenvalue weighted by Crippen LogP contribution is 2.42. The van der Waals surface area contributed by atoms with Gasteiger partial charge in [0.1, 0.15) is 11.6 Å². The SMILES string of the molecule is Nc1cc(N2CC(c3c(O)ccc(Cl)c3Cl)CC2=O)ccn1. The molecule has 1 saturated heterocycles. The number of aromatic hydroxyl groups is 1. The molecule has 1 unspecified atom stereocenters. The molecule has 0 spiro atoms. The number of nitrogens with zero attached hydrogens (tertiary/aromatic N) is 2. The van der Waals surface area contributed by atoms with Crippen molar-refractivity contribution in [2.45, 2.75) is 12.3 Å². The fourth-order valence-electron chi connectivity index (χ4n) is 2.70. The highest BCUT2D eigenvalue weighted by Gasteiger charge is 2.34. The highest BCUT2D eigenvalue weighted by molar-refractivity contribution is 6.42. The van der Waals surface area contributed by atoms with Gasteiger partial charge in [0.2, 0.25) is 5.91 Å². The van der Waals surface area contributed by atoms with E-state index >= 15 is 0 Å². The van der Waals surface area contributed by atoms with E-state index in [4.69, 9.17) is 28.9 Å². The molecule has 0 saturated carbocycles. The number of pyridine rings is 1. The Morgan fingerprint density at radius 3 is 2.82 bits per heavy atom. The van der Waals surface area contributed by atoms with Crippen molar-refractivity contribution >= 4 is 40.6 Å². The molecule has 0 radical (unpaired) electrons. The van der Waals surface area contributed by atoms with Crippen molar-refractivity contribution in [2.75, 3.05) is 17.2 Å². The van der Waals surface area contributed by atoms with Crippen molar-refractivity contribution in [3.8, 4) is 5.75 Å². The molecule has 0 aliphatic carbocycles. The number of nitrogen functional groups attached to an aromatic ring is 1. The lowest BCUT2D eigenvalue weighted by Gasteiger charge is -2.18. The third-order valence-electron chi connectivity index (χ3n) is 3.72. The van der Waals surface area contributed by atoms with Crippen LogP contribution in [-0.4, -0.2) is 22.5 Å². The van der Waals surface area contributed by atoms with Crippen molar-refractivity contribution in [3.63, 3.8) is 0 Å². The number of phenolic OH excluding ortho intramolecular Hbond substituents is 1. The molecule has 1 aliphatic heterocycles. The largest absolute Gasteiger partial charge is 0.508 e. The summed E-state index contributed by atoms with van der Waals surface area (Å²) in [6.07, 6.45) is 1.80. The third kappa shape index (κ3) is 2.58. The normalized spacial score (nSPS) is 18.0. The summed E-state index contributed by atoms with van der Waals surface area (Å²) in [6.45, 7) is 0.399. The first kappa shape index (κ1) is 14.9. The van der Waals surface area contributed by atoms with Gasteiger partial charge in [-0.25, -0.2) is 4.98 Å². The number of amides is 1. The van der Waals surface area contributed by atoms with Gasteiger partial charge < -0.3 is 15.7 Å². The van der Waals surface area contributed by atoms with Gasteiger partial charge in [-0.05, 0) is 18.2 Å². The molecular formula is C15H13Cl2N3O2. The van der Waals surface area contributed by atoms with Crippen LogP contribution in [0.15, 0.2) is 30.5 Å². The van der Waals surface area contributed by atoms with Crippen molar-refractivity contribution in [3.05, 3.63) is 46.1 Å². The number of rotatable bonds is 2. The maximum atomic E-state index is 12.3. The maximum absolute atomic E-state index is 12.3. The van der Waals surface area contributed by atoms with Gasteiger partial charge >= 0.3 is 0 Å². The molecule has 22 heavy (non-hydrogen) atoms. The van der Waals surface area contributed by atoms with Crippen LogP contribution in [0.1, 0.15) is 17.9 Å². The van der Waals surface area contributed by atoms with Gasteiger partial charge in [-0.15, -0.1) is 0 Å². The molecule has 1 fully saturated rings. The van der Waals surface area contributed by atoms with Crippen LogP contribution in [0.3, 0.4) is 0 Å². The lowest BCUT2D eigenvalue weighted by Crippen LogP contribution is -2.24. The molecule has 1 atom stereocenters. The number of carbonyl (C=O) groups excluding carboxylic acids is 1. The average Bonchev–Trinajstić information content (AvgIpc) is 2.85. The number of hydrogen-bond acceptors (Lipinski definition) is 4. The Hall–Kier alpha value is -1.98. The van der Waals surface area contributed by atoms with E-state index in [0.29, 0.717) is 28.6 Å². The Labute approximate surface area is 137 Å². The van der Waals surface area contributed by atoms with Crippen molar-refractivity contribution in [1.82, 2.24) is 4.98 Å². The summed E-state index contributed by atoms with van der Waals surface area (Å²) in [7, 11) is 0. The van der Waals surface area contributed by atoms with E-state index in [2.05, 4.69) is 4.98 Å². The summed E-state index contributed by atoms with van der Waals surface area (Å²) >= 11 is 12.2. The number of nitrogens with two attached hydrogens (primary N) is 1. The van der Waals surface area contributed by atoms with Crippen LogP contribution >= 0.6 is 23.2 Å². The van der Waals surface area contributed by atoms with Gasteiger partial charge in [-0.1, -0.05) is 23.2 Å². The van der Waals surface area contributed by atoms with Gasteiger partial charge in [0.15, 0.2) is 0 Å². The van der Waals surface area contributed by atoms with E-state index in [0.717, 1.165) is 0 Å². The minimum Gasteiger partial charge on any atom is -0.508 e. The van der Waals surface area contributed by atoms with Crippen LogP contribution in [0.5, 0.6) is 5.75 Å². The van der Waals surface area contributed by atoms with Crippen LogP contribution in [0.2, 0.25) is 10.0 Å².